The molecule has 1 saturated heterocycles. The molecule has 150 valence electrons. The van der Waals surface area contributed by atoms with Gasteiger partial charge in [0.2, 0.25) is 0 Å². The van der Waals surface area contributed by atoms with Crippen molar-refractivity contribution in [3.8, 4) is 0 Å². The summed E-state index contributed by atoms with van der Waals surface area (Å²) < 4.78 is 44.2. The van der Waals surface area contributed by atoms with E-state index in [4.69, 9.17) is 4.74 Å². The van der Waals surface area contributed by atoms with Crippen LogP contribution in [0.5, 0.6) is 0 Å². The maximum Gasteiger partial charge on any atom is 0.433 e. The number of morpholine rings is 1. The highest BCUT2D eigenvalue weighted by Crippen LogP contribution is 2.32. The Morgan fingerprint density at radius 2 is 1.93 bits per heavy atom. The lowest BCUT2D eigenvalue weighted by Gasteiger charge is -2.42. The van der Waals surface area contributed by atoms with Crippen molar-refractivity contribution in [2.75, 3.05) is 33.8 Å². The lowest BCUT2D eigenvalue weighted by atomic mass is 9.96. The summed E-state index contributed by atoms with van der Waals surface area (Å²) in [6, 6.07) is 11.2. The number of likely N-dealkylation sites (N-methyl/N-ethyl adjacent to an activating group) is 1. The first kappa shape index (κ1) is 20.3. The quantitative estimate of drug-likeness (QED) is 0.800. The van der Waals surface area contributed by atoms with Gasteiger partial charge in [0.25, 0.3) is 5.91 Å². The first-order chi connectivity index (χ1) is 13.3. The van der Waals surface area contributed by atoms with Crippen molar-refractivity contribution in [3.63, 3.8) is 0 Å². The van der Waals surface area contributed by atoms with Crippen LogP contribution in [0.2, 0.25) is 0 Å². The number of alkyl halides is 3. The van der Waals surface area contributed by atoms with E-state index in [0.29, 0.717) is 19.7 Å². The summed E-state index contributed by atoms with van der Waals surface area (Å²) in [5.41, 5.74) is 0.0258. The molecule has 2 aromatic rings. The van der Waals surface area contributed by atoms with Gasteiger partial charge in [0.15, 0.2) is 0 Å². The van der Waals surface area contributed by atoms with Crippen molar-refractivity contribution < 1.29 is 22.7 Å². The maximum atomic E-state index is 13.1. The first-order valence-electron chi connectivity index (χ1n) is 8.93. The van der Waals surface area contributed by atoms with Crippen LogP contribution in [0.15, 0.2) is 48.7 Å². The predicted octanol–water partition coefficient (Wildman–Crippen LogP) is 3.24. The normalized spacial score (nSPS) is 20.4. The molecule has 1 amide bonds. The topological polar surface area (TPSA) is 45.7 Å². The molecule has 0 radical (unpaired) electrons. The largest absolute Gasteiger partial charge is 0.433 e. The van der Waals surface area contributed by atoms with Gasteiger partial charge in [0.1, 0.15) is 5.69 Å². The number of aromatic nitrogens is 1. The van der Waals surface area contributed by atoms with Gasteiger partial charge in [-0.05, 0) is 31.8 Å². The molecule has 8 heteroatoms. The maximum absolute atomic E-state index is 13.1. The van der Waals surface area contributed by atoms with Crippen LogP contribution in [0.25, 0.3) is 0 Å². The number of carbonyl (C=O) groups excluding carboxylic acids is 1. The smallest absolute Gasteiger partial charge is 0.373 e. The standard InChI is InChI=1S/C20H22F3N3O2/c1-25(2)13-16-18(14-6-4-3-5-7-14)26(10-11-28-16)19(27)15-8-9-17(24-12-15)20(21,22)23/h3-9,12,16,18H,10-11,13H2,1-2H3/t16-,18-/m0/s1. The number of nitrogens with zero attached hydrogens (tertiary/aromatic N) is 3. The van der Waals surface area contributed by atoms with E-state index in [1.165, 1.54) is 6.07 Å². The minimum atomic E-state index is -4.54. The molecule has 5 nitrogen and oxygen atoms in total. The average molecular weight is 393 g/mol. The van der Waals surface area contributed by atoms with E-state index < -0.39 is 11.9 Å². The molecule has 2 heterocycles. The van der Waals surface area contributed by atoms with E-state index in [9.17, 15) is 18.0 Å². The van der Waals surface area contributed by atoms with E-state index in [-0.39, 0.29) is 23.6 Å². The number of benzene rings is 1. The molecule has 1 aromatic carbocycles. The minimum absolute atomic E-state index is 0.124. The van der Waals surface area contributed by atoms with E-state index in [0.717, 1.165) is 17.8 Å². The fraction of sp³-hybridized carbons (Fsp3) is 0.400. The average Bonchev–Trinajstić information content (AvgIpc) is 2.67. The highest BCUT2D eigenvalue weighted by molar-refractivity contribution is 5.94. The number of hydrogen-bond donors (Lipinski definition) is 0. The molecule has 0 N–H and O–H groups in total. The Labute approximate surface area is 161 Å². The summed E-state index contributed by atoms with van der Waals surface area (Å²) in [5, 5.41) is 0. The van der Waals surface area contributed by atoms with Crippen LogP contribution < -0.4 is 0 Å². The Bertz CT molecular complexity index is 795. The fourth-order valence-electron chi connectivity index (χ4n) is 3.37. The van der Waals surface area contributed by atoms with Gasteiger partial charge in [-0.3, -0.25) is 9.78 Å². The molecule has 1 aliphatic heterocycles. The molecule has 0 spiro atoms. The molecule has 3 rings (SSSR count). The van der Waals surface area contributed by atoms with Crippen LogP contribution in [-0.2, 0) is 10.9 Å². The highest BCUT2D eigenvalue weighted by Gasteiger charge is 2.37. The summed E-state index contributed by atoms with van der Waals surface area (Å²) in [4.78, 5) is 20.2. The second-order valence-electron chi connectivity index (χ2n) is 6.96. The van der Waals surface area contributed by atoms with E-state index >= 15 is 0 Å². The van der Waals surface area contributed by atoms with Crippen molar-refractivity contribution in [2.24, 2.45) is 0 Å². The number of carbonyl (C=O) groups is 1. The lowest BCUT2D eigenvalue weighted by molar-refractivity contribution is -0.141. The van der Waals surface area contributed by atoms with Gasteiger partial charge in [0.05, 0.1) is 24.3 Å². The van der Waals surface area contributed by atoms with Crippen LogP contribution in [0, 0.1) is 0 Å². The zero-order valence-electron chi connectivity index (χ0n) is 15.7. The van der Waals surface area contributed by atoms with Crippen LogP contribution in [0.1, 0.15) is 27.7 Å². The molecular weight excluding hydrogens is 371 g/mol. The number of halogens is 3. The second-order valence-corrected chi connectivity index (χ2v) is 6.96. The zero-order valence-corrected chi connectivity index (χ0v) is 15.7. The third kappa shape index (κ3) is 4.51. The molecule has 1 aromatic heterocycles. The van der Waals surface area contributed by atoms with Crippen molar-refractivity contribution in [1.82, 2.24) is 14.8 Å². The van der Waals surface area contributed by atoms with Crippen molar-refractivity contribution in [3.05, 3.63) is 65.5 Å². The highest BCUT2D eigenvalue weighted by atomic mass is 19.4. The number of rotatable bonds is 4. The molecule has 28 heavy (non-hydrogen) atoms. The molecule has 0 aliphatic carbocycles. The third-order valence-corrected chi connectivity index (χ3v) is 4.60. The summed E-state index contributed by atoms with van der Waals surface area (Å²) >= 11 is 0. The number of amides is 1. The summed E-state index contributed by atoms with van der Waals surface area (Å²) in [7, 11) is 3.85. The number of hydrogen-bond acceptors (Lipinski definition) is 4. The third-order valence-electron chi connectivity index (χ3n) is 4.60. The zero-order chi connectivity index (χ0) is 20.3. The van der Waals surface area contributed by atoms with Crippen LogP contribution in [0.3, 0.4) is 0 Å². The Balaban J connectivity index is 1.91. The number of pyridine rings is 1. The molecule has 0 saturated carbocycles. The number of ether oxygens (including phenoxy) is 1. The molecule has 0 unspecified atom stereocenters. The van der Waals surface area contributed by atoms with Crippen molar-refractivity contribution >= 4 is 5.91 Å². The Kier molecular flexibility index (Phi) is 6.00. The molecular formula is C20H22F3N3O2. The van der Waals surface area contributed by atoms with Gasteiger partial charge < -0.3 is 14.5 Å². The predicted molar refractivity (Wildman–Crippen MR) is 97.8 cm³/mol. The summed E-state index contributed by atoms with van der Waals surface area (Å²) in [6.07, 6.45) is -3.80. The Morgan fingerprint density at radius 3 is 2.50 bits per heavy atom. The van der Waals surface area contributed by atoms with Crippen LogP contribution in [0.4, 0.5) is 13.2 Å². The van der Waals surface area contributed by atoms with E-state index in [1.807, 2.05) is 49.3 Å². The lowest BCUT2D eigenvalue weighted by Crippen LogP contribution is -2.51. The SMILES string of the molecule is CN(C)C[C@@H]1OCCN(C(=O)c2ccc(C(F)(F)F)nc2)[C@H]1c1ccccc1. The monoisotopic (exact) mass is 393 g/mol. The van der Waals surface area contributed by atoms with Gasteiger partial charge in [-0.1, -0.05) is 30.3 Å². The minimum Gasteiger partial charge on any atom is -0.373 e. The molecule has 1 fully saturated rings. The van der Waals surface area contributed by atoms with Crippen molar-refractivity contribution in [2.45, 2.75) is 18.3 Å². The van der Waals surface area contributed by atoms with Crippen LogP contribution >= 0.6 is 0 Å². The summed E-state index contributed by atoms with van der Waals surface area (Å²) in [5.74, 6) is -0.359. The van der Waals surface area contributed by atoms with Gasteiger partial charge in [0, 0.05) is 19.3 Å². The van der Waals surface area contributed by atoms with E-state index in [2.05, 4.69) is 4.98 Å². The Hall–Kier alpha value is -2.45. The fourth-order valence-corrected chi connectivity index (χ4v) is 3.37. The van der Waals surface area contributed by atoms with E-state index in [1.54, 1.807) is 4.90 Å². The van der Waals surface area contributed by atoms with Gasteiger partial charge >= 0.3 is 6.18 Å². The Morgan fingerprint density at radius 1 is 1.21 bits per heavy atom. The first-order valence-corrected chi connectivity index (χ1v) is 8.93. The molecule has 0 bridgehead atoms. The second kappa shape index (κ2) is 8.28. The summed E-state index contributed by atoms with van der Waals surface area (Å²) in [6.45, 7) is 1.32. The van der Waals surface area contributed by atoms with Gasteiger partial charge in [-0.25, -0.2) is 0 Å². The molecule has 2 atom stereocenters. The van der Waals surface area contributed by atoms with Gasteiger partial charge in [-0.2, -0.15) is 13.2 Å². The van der Waals surface area contributed by atoms with Gasteiger partial charge in [-0.15, -0.1) is 0 Å². The molecule has 1 aliphatic rings. The van der Waals surface area contributed by atoms with Crippen molar-refractivity contribution in [1.29, 1.82) is 0 Å². The van der Waals surface area contributed by atoms with Crippen LogP contribution in [-0.4, -0.2) is 60.6 Å².